The minimum atomic E-state index is -0.424. The first-order valence-electron chi connectivity index (χ1n) is 9.60. The van der Waals surface area contributed by atoms with Crippen LogP contribution in [0.1, 0.15) is 48.4 Å². The topological polar surface area (TPSA) is 77.3 Å². The monoisotopic (exact) mass is 388 g/mol. The number of amides is 1. The molecule has 0 unspecified atom stereocenters. The molecule has 2 aliphatic rings. The van der Waals surface area contributed by atoms with E-state index >= 15 is 0 Å². The summed E-state index contributed by atoms with van der Waals surface area (Å²) in [7, 11) is 0. The SMILES string of the molecule is C/C(=N/NC(=O)CC#N)c1ccc2c(c1)[C@@H]1C=CC[C@@H]1[C@H](c1ccc(F)cc1)N2. The Morgan fingerprint density at radius 3 is 2.86 bits per heavy atom. The molecule has 0 saturated carbocycles. The fraction of sp³-hybridized carbons (Fsp3) is 0.261. The van der Waals surface area contributed by atoms with Crippen LogP contribution in [0.3, 0.4) is 0 Å². The van der Waals surface area contributed by atoms with Gasteiger partial charge in [-0.3, -0.25) is 4.79 Å². The van der Waals surface area contributed by atoms with Crippen molar-refractivity contribution in [1.82, 2.24) is 5.43 Å². The van der Waals surface area contributed by atoms with Crippen molar-refractivity contribution >= 4 is 17.3 Å². The summed E-state index contributed by atoms with van der Waals surface area (Å²) in [6.07, 6.45) is 5.19. The summed E-state index contributed by atoms with van der Waals surface area (Å²) in [6, 6.07) is 14.7. The van der Waals surface area contributed by atoms with Crippen LogP contribution in [0, 0.1) is 23.1 Å². The van der Waals surface area contributed by atoms with Gasteiger partial charge in [0.15, 0.2) is 0 Å². The molecule has 1 aliphatic heterocycles. The summed E-state index contributed by atoms with van der Waals surface area (Å²) in [5.74, 6) is -0.0299. The van der Waals surface area contributed by atoms with E-state index in [9.17, 15) is 9.18 Å². The van der Waals surface area contributed by atoms with Gasteiger partial charge in [0.25, 0.3) is 5.91 Å². The number of hydrogen-bond acceptors (Lipinski definition) is 4. The minimum Gasteiger partial charge on any atom is -0.378 e. The molecular formula is C23H21FN4O. The van der Waals surface area contributed by atoms with E-state index in [1.807, 2.05) is 31.2 Å². The number of nitrogens with zero attached hydrogens (tertiary/aromatic N) is 2. The zero-order chi connectivity index (χ0) is 20.4. The van der Waals surface area contributed by atoms with Crippen LogP contribution < -0.4 is 10.7 Å². The second-order valence-electron chi connectivity index (χ2n) is 7.40. The highest BCUT2D eigenvalue weighted by Crippen LogP contribution is 2.49. The van der Waals surface area contributed by atoms with E-state index in [0.717, 1.165) is 23.2 Å². The van der Waals surface area contributed by atoms with Crippen molar-refractivity contribution in [2.24, 2.45) is 11.0 Å². The Labute approximate surface area is 168 Å². The highest BCUT2D eigenvalue weighted by Gasteiger charge is 2.37. The third kappa shape index (κ3) is 3.77. The number of nitriles is 1. The van der Waals surface area contributed by atoms with Crippen molar-refractivity contribution in [3.8, 4) is 6.07 Å². The van der Waals surface area contributed by atoms with Crippen molar-refractivity contribution in [1.29, 1.82) is 5.26 Å². The van der Waals surface area contributed by atoms with Gasteiger partial charge in [0.05, 0.1) is 17.8 Å². The smallest absolute Gasteiger partial charge is 0.254 e. The van der Waals surface area contributed by atoms with Crippen LogP contribution in [0.4, 0.5) is 10.1 Å². The lowest BCUT2D eigenvalue weighted by Crippen LogP contribution is -2.29. The molecule has 0 bridgehead atoms. The molecule has 29 heavy (non-hydrogen) atoms. The molecule has 0 spiro atoms. The number of carbonyl (C=O) groups is 1. The van der Waals surface area contributed by atoms with Gasteiger partial charge in [0.1, 0.15) is 12.2 Å². The number of benzene rings is 2. The van der Waals surface area contributed by atoms with Crippen molar-refractivity contribution in [3.05, 3.63) is 77.1 Å². The molecule has 1 amide bonds. The molecule has 0 fully saturated rings. The number of nitrogens with one attached hydrogen (secondary N) is 2. The summed E-state index contributed by atoms with van der Waals surface area (Å²) < 4.78 is 13.4. The molecule has 0 saturated heterocycles. The molecule has 3 atom stereocenters. The van der Waals surface area contributed by atoms with E-state index in [1.54, 1.807) is 6.07 Å². The molecule has 2 N–H and O–H groups in total. The van der Waals surface area contributed by atoms with Gasteiger partial charge in [-0.15, -0.1) is 0 Å². The average molecular weight is 388 g/mol. The summed E-state index contributed by atoms with van der Waals surface area (Å²) in [5, 5.41) is 16.3. The molecule has 1 aliphatic carbocycles. The van der Waals surface area contributed by atoms with E-state index in [0.29, 0.717) is 11.6 Å². The Morgan fingerprint density at radius 1 is 1.31 bits per heavy atom. The van der Waals surface area contributed by atoms with Crippen LogP contribution in [0.25, 0.3) is 0 Å². The molecule has 0 radical (unpaired) electrons. The van der Waals surface area contributed by atoms with Crippen molar-refractivity contribution in [2.45, 2.75) is 31.7 Å². The third-order valence-corrected chi connectivity index (χ3v) is 5.60. The fourth-order valence-corrected chi connectivity index (χ4v) is 4.14. The number of fused-ring (bicyclic) bond motifs is 3. The predicted molar refractivity (Wildman–Crippen MR) is 110 cm³/mol. The molecule has 5 nitrogen and oxygen atoms in total. The Bertz CT molecular complexity index is 1040. The number of allylic oxidation sites excluding steroid dienone is 2. The highest BCUT2D eigenvalue weighted by molar-refractivity contribution is 6.00. The number of hydrazone groups is 1. The summed E-state index contributed by atoms with van der Waals surface area (Å²) in [6.45, 7) is 1.83. The summed E-state index contributed by atoms with van der Waals surface area (Å²) in [5.41, 5.74) is 7.33. The molecule has 1 heterocycles. The molecule has 146 valence electrons. The molecular weight excluding hydrogens is 367 g/mol. The second-order valence-corrected chi connectivity index (χ2v) is 7.40. The van der Waals surface area contributed by atoms with E-state index in [-0.39, 0.29) is 24.2 Å². The molecule has 6 heteroatoms. The van der Waals surface area contributed by atoms with Gasteiger partial charge in [-0.1, -0.05) is 30.4 Å². The van der Waals surface area contributed by atoms with Gasteiger partial charge in [0.2, 0.25) is 0 Å². The van der Waals surface area contributed by atoms with Crippen LogP contribution in [-0.2, 0) is 4.79 Å². The van der Waals surface area contributed by atoms with Crippen LogP contribution >= 0.6 is 0 Å². The quantitative estimate of drug-likeness (QED) is 0.463. The van der Waals surface area contributed by atoms with E-state index < -0.39 is 5.91 Å². The fourth-order valence-electron chi connectivity index (χ4n) is 4.14. The van der Waals surface area contributed by atoms with Gasteiger partial charge in [-0.25, -0.2) is 9.82 Å². The normalized spacial score (nSPS) is 22.2. The van der Waals surface area contributed by atoms with E-state index in [1.165, 1.54) is 17.7 Å². The van der Waals surface area contributed by atoms with E-state index in [2.05, 4.69) is 34.1 Å². The van der Waals surface area contributed by atoms with Crippen LogP contribution in [-0.4, -0.2) is 11.6 Å². The zero-order valence-corrected chi connectivity index (χ0v) is 16.0. The first-order chi connectivity index (χ1) is 14.1. The lowest BCUT2D eigenvalue weighted by atomic mass is 9.76. The maximum atomic E-state index is 13.4. The number of hydrogen-bond donors (Lipinski definition) is 2. The van der Waals surface area contributed by atoms with Gasteiger partial charge in [0, 0.05) is 11.6 Å². The third-order valence-electron chi connectivity index (χ3n) is 5.60. The first kappa shape index (κ1) is 18.9. The maximum absolute atomic E-state index is 13.4. The predicted octanol–water partition coefficient (Wildman–Crippen LogP) is 4.41. The molecule has 4 rings (SSSR count). The second kappa shape index (κ2) is 7.88. The number of rotatable bonds is 4. The van der Waals surface area contributed by atoms with Crippen LogP contribution in [0.5, 0.6) is 0 Å². The van der Waals surface area contributed by atoms with Gasteiger partial charge in [-0.2, -0.15) is 10.4 Å². The zero-order valence-electron chi connectivity index (χ0n) is 16.0. The summed E-state index contributed by atoms with van der Waals surface area (Å²) >= 11 is 0. The van der Waals surface area contributed by atoms with Crippen molar-refractivity contribution in [3.63, 3.8) is 0 Å². The molecule has 0 aromatic heterocycles. The van der Waals surface area contributed by atoms with Gasteiger partial charge in [-0.05, 0) is 60.2 Å². The Balaban J connectivity index is 1.62. The number of carbonyl (C=O) groups excluding carboxylic acids is 1. The Morgan fingerprint density at radius 2 is 2.10 bits per heavy atom. The lowest BCUT2D eigenvalue weighted by molar-refractivity contribution is -0.120. The highest BCUT2D eigenvalue weighted by atomic mass is 19.1. The number of halogens is 1. The Kier molecular flexibility index (Phi) is 5.13. The average Bonchev–Trinajstić information content (AvgIpc) is 3.22. The maximum Gasteiger partial charge on any atom is 0.254 e. The summed E-state index contributed by atoms with van der Waals surface area (Å²) in [4.78, 5) is 11.5. The van der Waals surface area contributed by atoms with E-state index in [4.69, 9.17) is 5.26 Å². The Hall–Kier alpha value is -3.46. The van der Waals surface area contributed by atoms with Crippen molar-refractivity contribution in [2.75, 3.05) is 5.32 Å². The van der Waals surface area contributed by atoms with Crippen LogP contribution in [0.15, 0.2) is 59.7 Å². The first-order valence-corrected chi connectivity index (χ1v) is 9.60. The minimum absolute atomic E-state index is 0.119. The van der Waals surface area contributed by atoms with Gasteiger partial charge < -0.3 is 5.32 Å². The molecule has 2 aromatic rings. The van der Waals surface area contributed by atoms with Crippen LogP contribution in [0.2, 0.25) is 0 Å². The largest absolute Gasteiger partial charge is 0.378 e. The standard InChI is InChI=1S/C23H21FN4O/c1-14(27-28-22(29)11-12-25)16-7-10-21-20(13-16)18-3-2-4-19(18)23(26-21)15-5-8-17(24)9-6-15/h2-3,5-10,13,18-19,23,26H,4,11H2,1H3,(H,28,29)/b27-14-/t18-,19+,23+/m1/s1. The lowest BCUT2D eigenvalue weighted by Gasteiger charge is -2.37. The number of anilines is 1. The van der Waals surface area contributed by atoms with Gasteiger partial charge >= 0.3 is 0 Å². The molecule has 2 aromatic carbocycles. The van der Waals surface area contributed by atoms with Crippen molar-refractivity contribution < 1.29 is 9.18 Å².